The van der Waals surface area contributed by atoms with Crippen LogP contribution < -0.4 is 5.32 Å². The summed E-state index contributed by atoms with van der Waals surface area (Å²) in [5.41, 5.74) is 0.0296. The molecule has 0 spiro atoms. The molecule has 0 radical (unpaired) electrons. The average molecular weight is 236 g/mol. The molecule has 1 aromatic heterocycles. The van der Waals surface area contributed by atoms with Gasteiger partial charge in [0.1, 0.15) is 5.82 Å². The van der Waals surface area contributed by atoms with Crippen LogP contribution >= 0.6 is 0 Å². The molecule has 1 heterocycles. The number of aromatic nitrogens is 1. The molecule has 3 N–H and O–H groups in total. The number of carbonyl (C=O) groups is 1. The van der Waals surface area contributed by atoms with Gasteiger partial charge in [-0.25, -0.2) is 9.78 Å². The molecule has 1 fully saturated rings. The van der Waals surface area contributed by atoms with Gasteiger partial charge in [0.15, 0.2) is 5.69 Å². The highest BCUT2D eigenvalue weighted by molar-refractivity contribution is 5.85. The van der Waals surface area contributed by atoms with Crippen LogP contribution in [0.5, 0.6) is 0 Å². The molecule has 1 aliphatic rings. The molecule has 0 aliphatic heterocycles. The van der Waals surface area contributed by atoms with Crippen molar-refractivity contribution in [1.29, 1.82) is 0 Å². The number of pyridine rings is 1. The van der Waals surface area contributed by atoms with Crippen LogP contribution in [-0.2, 0) is 0 Å². The first-order valence-corrected chi connectivity index (χ1v) is 5.79. The van der Waals surface area contributed by atoms with E-state index in [1.807, 2.05) is 0 Å². The van der Waals surface area contributed by atoms with Crippen molar-refractivity contribution in [3.05, 3.63) is 23.9 Å². The third-order valence-corrected chi connectivity index (χ3v) is 3.13. The van der Waals surface area contributed by atoms with Crippen molar-refractivity contribution in [2.45, 2.75) is 25.4 Å². The molecule has 0 aromatic carbocycles. The van der Waals surface area contributed by atoms with E-state index in [4.69, 9.17) is 5.11 Å². The molecule has 5 heteroatoms. The van der Waals surface area contributed by atoms with Gasteiger partial charge >= 0.3 is 5.97 Å². The number of rotatable bonds is 4. The van der Waals surface area contributed by atoms with Gasteiger partial charge in [-0.2, -0.15) is 0 Å². The molecular weight excluding hydrogens is 220 g/mol. The van der Waals surface area contributed by atoms with E-state index in [1.165, 1.54) is 6.07 Å². The van der Waals surface area contributed by atoms with Gasteiger partial charge in [0.25, 0.3) is 0 Å². The lowest BCUT2D eigenvalue weighted by atomic mass is 10.1. The minimum absolute atomic E-state index is 0.0296. The summed E-state index contributed by atoms with van der Waals surface area (Å²) >= 11 is 0. The number of nitrogens with zero attached hydrogens (tertiary/aromatic N) is 1. The summed E-state index contributed by atoms with van der Waals surface area (Å²) in [6.07, 6.45) is 2.67. The molecular formula is C12H16N2O3. The highest BCUT2D eigenvalue weighted by atomic mass is 16.4. The van der Waals surface area contributed by atoms with Gasteiger partial charge in [-0.3, -0.25) is 0 Å². The number of anilines is 1. The predicted octanol–water partition coefficient (Wildman–Crippen LogP) is 1.35. The molecule has 0 amide bonds. The van der Waals surface area contributed by atoms with Crippen molar-refractivity contribution in [3.63, 3.8) is 0 Å². The Balaban J connectivity index is 1.94. The number of hydrogen-bond donors (Lipinski definition) is 3. The summed E-state index contributed by atoms with van der Waals surface area (Å²) in [5.74, 6) is -0.246. The minimum atomic E-state index is -1.03. The van der Waals surface area contributed by atoms with Crippen LogP contribution in [-0.4, -0.2) is 33.8 Å². The van der Waals surface area contributed by atoms with Crippen LogP contribution in [0.15, 0.2) is 18.2 Å². The van der Waals surface area contributed by atoms with Crippen LogP contribution in [0.1, 0.15) is 29.8 Å². The van der Waals surface area contributed by atoms with Crippen molar-refractivity contribution in [3.8, 4) is 0 Å². The third-order valence-electron chi connectivity index (χ3n) is 3.13. The first-order chi connectivity index (χ1) is 8.16. The standard InChI is InChI=1S/C12H16N2O3/c15-10-5-1-3-8(10)7-13-11-6-2-4-9(14-11)12(16)17/h2,4,6,8,10,15H,1,3,5,7H2,(H,13,14)(H,16,17)/t8-,10+/m1/s1. The molecule has 1 aliphatic carbocycles. The Morgan fingerprint density at radius 3 is 2.94 bits per heavy atom. The fourth-order valence-corrected chi connectivity index (χ4v) is 2.14. The Morgan fingerprint density at radius 1 is 1.47 bits per heavy atom. The van der Waals surface area contributed by atoms with Gasteiger partial charge in [-0.05, 0) is 25.0 Å². The highest BCUT2D eigenvalue weighted by Crippen LogP contribution is 2.25. The lowest BCUT2D eigenvalue weighted by molar-refractivity contribution is 0.0690. The van der Waals surface area contributed by atoms with Gasteiger partial charge in [0, 0.05) is 12.5 Å². The maximum atomic E-state index is 10.7. The monoisotopic (exact) mass is 236 g/mol. The Kier molecular flexibility index (Phi) is 3.58. The normalized spacial score (nSPS) is 23.6. The first-order valence-electron chi connectivity index (χ1n) is 5.79. The van der Waals surface area contributed by atoms with Crippen LogP contribution in [0.4, 0.5) is 5.82 Å². The molecule has 5 nitrogen and oxygen atoms in total. The second-order valence-corrected chi connectivity index (χ2v) is 4.35. The summed E-state index contributed by atoms with van der Waals surface area (Å²) in [6.45, 7) is 0.636. The second-order valence-electron chi connectivity index (χ2n) is 4.35. The molecule has 1 saturated carbocycles. The van der Waals surface area contributed by atoms with E-state index in [1.54, 1.807) is 12.1 Å². The topological polar surface area (TPSA) is 82.5 Å². The molecule has 0 unspecified atom stereocenters. The van der Waals surface area contributed by atoms with Crippen molar-refractivity contribution in [2.75, 3.05) is 11.9 Å². The number of carboxylic acid groups (broad SMARTS) is 1. The third kappa shape index (κ3) is 2.94. The summed E-state index contributed by atoms with van der Waals surface area (Å²) < 4.78 is 0. The lowest BCUT2D eigenvalue weighted by Crippen LogP contribution is -2.22. The quantitative estimate of drug-likeness (QED) is 0.735. The Hall–Kier alpha value is -1.62. The summed E-state index contributed by atoms with van der Waals surface area (Å²) in [5, 5.41) is 21.5. The summed E-state index contributed by atoms with van der Waals surface area (Å²) in [4.78, 5) is 14.7. The summed E-state index contributed by atoms with van der Waals surface area (Å²) in [7, 11) is 0. The average Bonchev–Trinajstić information content (AvgIpc) is 2.72. The number of aliphatic hydroxyl groups excluding tert-OH is 1. The zero-order chi connectivity index (χ0) is 12.3. The Morgan fingerprint density at radius 2 is 2.29 bits per heavy atom. The van der Waals surface area contributed by atoms with Crippen molar-refractivity contribution < 1.29 is 15.0 Å². The molecule has 0 saturated heterocycles. The van der Waals surface area contributed by atoms with Crippen LogP contribution in [0.3, 0.4) is 0 Å². The molecule has 1 aromatic rings. The highest BCUT2D eigenvalue weighted by Gasteiger charge is 2.24. The number of aliphatic hydroxyl groups is 1. The molecule has 92 valence electrons. The van der Waals surface area contributed by atoms with E-state index in [0.717, 1.165) is 19.3 Å². The van der Waals surface area contributed by atoms with Crippen LogP contribution in [0.2, 0.25) is 0 Å². The van der Waals surface area contributed by atoms with E-state index in [9.17, 15) is 9.90 Å². The number of aromatic carboxylic acids is 1. The van der Waals surface area contributed by atoms with Crippen molar-refractivity contribution in [2.24, 2.45) is 5.92 Å². The van der Waals surface area contributed by atoms with Gasteiger partial charge in [-0.1, -0.05) is 12.5 Å². The maximum absolute atomic E-state index is 10.7. The van der Waals surface area contributed by atoms with Gasteiger partial charge < -0.3 is 15.5 Å². The van der Waals surface area contributed by atoms with E-state index in [-0.39, 0.29) is 17.7 Å². The zero-order valence-corrected chi connectivity index (χ0v) is 9.47. The largest absolute Gasteiger partial charge is 0.477 e. The summed E-state index contributed by atoms with van der Waals surface area (Å²) in [6, 6.07) is 4.84. The van der Waals surface area contributed by atoms with E-state index >= 15 is 0 Å². The Labute approximate surface area is 99.5 Å². The van der Waals surface area contributed by atoms with Gasteiger partial charge in [0.2, 0.25) is 0 Å². The fourth-order valence-electron chi connectivity index (χ4n) is 2.14. The van der Waals surface area contributed by atoms with Gasteiger partial charge in [0.05, 0.1) is 6.10 Å². The number of carboxylic acids is 1. The predicted molar refractivity (Wildman–Crippen MR) is 63.0 cm³/mol. The molecule has 2 rings (SSSR count). The van der Waals surface area contributed by atoms with Crippen molar-refractivity contribution in [1.82, 2.24) is 4.98 Å². The van der Waals surface area contributed by atoms with Crippen molar-refractivity contribution >= 4 is 11.8 Å². The van der Waals surface area contributed by atoms with Gasteiger partial charge in [-0.15, -0.1) is 0 Å². The first kappa shape index (κ1) is 11.9. The number of hydrogen-bond acceptors (Lipinski definition) is 4. The van der Waals surface area contributed by atoms with E-state index in [0.29, 0.717) is 12.4 Å². The molecule has 2 atom stereocenters. The number of nitrogens with one attached hydrogen (secondary N) is 1. The molecule has 0 bridgehead atoms. The Bertz CT molecular complexity index is 408. The van der Waals surface area contributed by atoms with E-state index in [2.05, 4.69) is 10.3 Å². The smallest absolute Gasteiger partial charge is 0.354 e. The molecule has 17 heavy (non-hydrogen) atoms. The van der Waals surface area contributed by atoms with Crippen LogP contribution in [0.25, 0.3) is 0 Å². The van der Waals surface area contributed by atoms with Crippen LogP contribution in [0, 0.1) is 5.92 Å². The zero-order valence-electron chi connectivity index (χ0n) is 9.47. The lowest BCUT2D eigenvalue weighted by Gasteiger charge is -2.15. The van der Waals surface area contributed by atoms with E-state index < -0.39 is 5.97 Å². The minimum Gasteiger partial charge on any atom is -0.477 e. The maximum Gasteiger partial charge on any atom is 0.354 e. The fraction of sp³-hybridized carbons (Fsp3) is 0.500. The second kappa shape index (κ2) is 5.14. The SMILES string of the molecule is O=C(O)c1cccc(NC[C@H]2CCC[C@@H]2O)n1.